The maximum atomic E-state index is 12.7. The van der Waals surface area contributed by atoms with Gasteiger partial charge in [-0.25, -0.2) is 9.78 Å². The number of halogens is 1. The Morgan fingerprint density at radius 3 is 2.68 bits per heavy atom. The van der Waals surface area contributed by atoms with Crippen molar-refractivity contribution >= 4 is 46.0 Å². The molecule has 0 aliphatic carbocycles. The van der Waals surface area contributed by atoms with Crippen molar-refractivity contribution in [2.45, 2.75) is 6.54 Å². The van der Waals surface area contributed by atoms with Crippen molar-refractivity contribution in [1.29, 1.82) is 0 Å². The molecule has 172 valence electrons. The molecule has 0 bridgehead atoms. The number of carbonyl (C=O) groups is 3. The van der Waals surface area contributed by atoms with E-state index in [-0.39, 0.29) is 18.0 Å². The number of hydrogen-bond donors (Lipinski definition) is 1. The van der Waals surface area contributed by atoms with E-state index in [9.17, 15) is 14.4 Å². The molecule has 4 rings (SSSR count). The second-order valence-corrected chi connectivity index (χ2v) is 7.74. The Morgan fingerprint density at radius 2 is 1.88 bits per heavy atom. The van der Waals surface area contributed by atoms with E-state index in [4.69, 9.17) is 20.8 Å². The lowest BCUT2D eigenvalue weighted by Crippen LogP contribution is -2.33. The average molecular weight is 478 g/mol. The molecular formula is C25H20ClN3O5. The molecule has 0 radical (unpaired) electrons. The maximum Gasteiger partial charge on any atom is 0.338 e. The first-order valence-electron chi connectivity index (χ1n) is 10.3. The maximum absolute atomic E-state index is 12.7. The van der Waals surface area contributed by atoms with Crippen molar-refractivity contribution in [3.8, 4) is 0 Å². The smallest absolute Gasteiger partial charge is 0.338 e. The zero-order chi connectivity index (χ0) is 24.1. The Bertz CT molecular complexity index is 1350. The molecule has 9 heteroatoms. The molecule has 0 fully saturated rings. The molecule has 34 heavy (non-hydrogen) atoms. The van der Waals surface area contributed by atoms with Gasteiger partial charge >= 0.3 is 5.97 Å². The quantitative estimate of drug-likeness (QED) is 0.315. The Labute approximate surface area is 200 Å². The summed E-state index contributed by atoms with van der Waals surface area (Å²) in [5.41, 5.74) is 1.61. The number of para-hydroxylation sites is 1. The van der Waals surface area contributed by atoms with Gasteiger partial charge in [0.15, 0.2) is 6.61 Å². The Hall–Kier alpha value is -4.17. The fraction of sp³-hybridized carbons (Fsp3) is 0.120. The minimum absolute atomic E-state index is 0.211. The molecule has 2 aromatic heterocycles. The van der Waals surface area contributed by atoms with Gasteiger partial charge in [-0.3, -0.25) is 9.59 Å². The number of amides is 2. The number of benzene rings is 2. The van der Waals surface area contributed by atoms with Crippen LogP contribution in [0.3, 0.4) is 0 Å². The van der Waals surface area contributed by atoms with Crippen molar-refractivity contribution in [1.82, 2.24) is 10.3 Å². The summed E-state index contributed by atoms with van der Waals surface area (Å²) in [4.78, 5) is 43.3. The molecule has 2 amide bonds. The number of hydrogen-bond acceptors (Lipinski definition) is 6. The highest BCUT2D eigenvalue weighted by Gasteiger charge is 2.20. The number of nitrogens with zero attached hydrogens (tertiary/aromatic N) is 2. The van der Waals surface area contributed by atoms with Crippen LogP contribution in [0, 0.1) is 0 Å². The van der Waals surface area contributed by atoms with Gasteiger partial charge in [-0.15, -0.1) is 0 Å². The van der Waals surface area contributed by atoms with Crippen LogP contribution in [0.15, 0.2) is 77.4 Å². The number of anilines is 1. The summed E-state index contributed by atoms with van der Waals surface area (Å²) < 4.78 is 10.4. The lowest BCUT2D eigenvalue weighted by molar-refractivity contribution is -0.121. The third-order valence-electron chi connectivity index (χ3n) is 5.11. The van der Waals surface area contributed by atoms with Gasteiger partial charge in [0.1, 0.15) is 10.9 Å². The number of aromatic nitrogens is 1. The van der Waals surface area contributed by atoms with Crippen LogP contribution in [-0.2, 0) is 16.1 Å². The monoisotopic (exact) mass is 477 g/mol. The lowest BCUT2D eigenvalue weighted by Gasteiger charge is -2.20. The van der Waals surface area contributed by atoms with E-state index in [0.29, 0.717) is 27.7 Å². The number of nitrogens with one attached hydrogen (secondary N) is 1. The molecular weight excluding hydrogens is 458 g/mol. The van der Waals surface area contributed by atoms with Crippen molar-refractivity contribution in [3.63, 3.8) is 0 Å². The van der Waals surface area contributed by atoms with Crippen molar-refractivity contribution < 1.29 is 23.5 Å². The van der Waals surface area contributed by atoms with E-state index in [2.05, 4.69) is 10.3 Å². The predicted octanol–water partition coefficient (Wildman–Crippen LogP) is 4.23. The largest absolute Gasteiger partial charge is 0.467 e. The first-order valence-corrected chi connectivity index (χ1v) is 10.7. The molecule has 1 N–H and O–H groups in total. The topological polar surface area (TPSA) is 102 Å². The summed E-state index contributed by atoms with van der Waals surface area (Å²) >= 11 is 5.88. The third kappa shape index (κ3) is 5.24. The lowest BCUT2D eigenvalue weighted by atomic mass is 10.1. The zero-order valence-corrected chi connectivity index (χ0v) is 18.9. The molecule has 4 aromatic rings. The third-order valence-corrected chi connectivity index (χ3v) is 5.32. The SMILES string of the molecule is CN(C(=O)COC(=O)c1ccc2nc(Cl)ccc2c1)c1ccccc1C(=O)NCc1ccco1. The second-order valence-electron chi connectivity index (χ2n) is 7.35. The molecule has 2 heterocycles. The molecule has 0 unspecified atom stereocenters. The van der Waals surface area contributed by atoms with Crippen LogP contribution in [0.25, 0.3) is 10.9 Å². The van der Waals surface area contributed by atoms with Gasteiger partial charge in [0.2, 0.25) is 0 Å². The fourth-order valence-electron chi connectivity index (χ4n) is 3.30. The molecule has 0 aliphatic rings. The number of pyridine rings is 1. The van der Waals surface area contributed by atoms with Crippen LogP contribution >= 0.6 is 11.6 Å². The first-order chi connectivity index (χ1) is 16.4. The molecule has 0 saturated heterocycles. The zero-order valence-electron chi connectivity index (χ0n) is 18.2. The molecule has 0 spiro atoms. The van der Waals surface area contributed by atoms with Crippen LogP contribution in [0.1, 0.15) is 26.5 Å². The van der Waals surface area contributed by atoms with E-state index in [1.54, 1.807) is 66.7 Å². The van der Waals surface area contributed by atoms with Gasteiger partial charge in [-0.05, 0) is 54.6 Å². The highest BCUT2D eigenvalue weighted by Crippen LogP contribution is 2.21. The van der Waals surface area contributed by atoms with Crippen LogP contribution in [0.2, 0.25) is 5.15 Å². The van der Waals surface area contributed by atoms with Gasteiger partial charge in [0.25, 0.3) is 11.8 Å². The van der Waals surface area contributed by atoms with Crippen LogP contribution < -0.4 is 10.2 Å². The Balaban J connectivity index is 1.40. The number of carbonyl (C=O) groups excluding carboxylic acids is 3. The highest BCUT2D eigenvalue weighted by molar-refractivity contribution is 6.29. The van der Waals surface area contributed by atoms with Crippen LogP contribution in [-0.4, -0.2) is 36.4 Å². The van der Waals surface area contributed by atoms with Gasteiger partial charge < -0.3 is 19.4 Å². The van der Waals surface area contributed by atoms with Crippen molar-refractivity contribution in [2.24, 2.45) is 0 Å². The standard InChI is InChI=1S/C25H20ClN3O5/c1-29(21-7-3-2-6-19(21)24(31)27-14-18-5-4-12-33-18)23(30)15-34-25(32)17-8-10-20-16(13-17)9-11-22(26)28-20/h2-13H,14-15H2,1H3,(H,27,31). The van der Waals surface area contributed by atoms with Gasteiger partial charge in [0, 0.05) is 12.4 Å². The molecule has 0 saturated carbocycles. The molecule has 0 atom stereocenters. The minimum atomic E-state index is -0.650. The number of ether oxygens (including phenoxy) is 1. The summed E-state index contributed by atoms with van der Waals surface area (Å²) in [6.45, 7) is -0.280. The first kappa shape index (κ1) is 23.0. The summed E-state index contributed by atoms with van der Waals surface area (Å²) in [7, 11) is 1.51. The summed E-state index contributed by atoms with van der Waals surface area (Å²) in [5, 5.41) is 3.83. The number of fused-ring (bicyclic) bond motifs is 1. The van der Waals surface area contributed by atoms with Gasteiger partial charge in [-0.1, -0.05) is 23.7 Å². The average Bonchev–Trinajstić information content (AvgIpc) is 3.38. The van der Waals surface area contributed by atoms with Crippen molar-refractivity contribution in [2.75, 3.05) is 18.6 Å². The molecule has 8 nitrogen and oxygen atoms in total. The summed E-state index contributed by atoms with van der Waals surface area (Å²) in [5.74, 6) is -0.903. The van der Waals surface area contributed by atoms with Gasteiger partial charge in [-0.2, -0.15) is 0 Å². The van der Waals surface area contributed by atoms with E-state index < -0.39 is 18.5 Å². The Morgan fingerprint density at radius 1 is 1.06 bits per heavy atom. The summed E-state index contributed by atoms with van der Waals surface area (Å²) in [6.07, 6.45) is 1.52. The fourth-order valence-corrected chi connectivity index (χ4v) is 3.46. The van der Waals surface area contributed by atoms with E-state index in [1.165, 1.54) is 18.2 Å². The van der Waals surface area contributed by atoms with E-state index in [0.717, 1.165) is 5.39 Å². The van der Waals surface area contributed by atoms with Crippen molar-refractivity contribution in [3.05, 3.63) is 95.0 Å². The second kappa shape index (κ2) is 10.2. The number of rotatable bonds is 7. The highest BCUT2D eigenvalue weighted by atomic mass is 35.5. The normalized spacial score (nSPS) is 10.6. The minimum Gasteiger partial charge on any atom is -0.467 e. The van der Waals surface area contributed by atoms with Crippen LogP contribution in [0.5, 0.6) is 0 Å². The predicted molar refractivity (Wildman–Crippen MR) is 127 cm³/mol. The van der Waals surface area contributed by atoms with Gasteiger partial charge in [0.05, 0.1) is 35.1 Å². The molecule has 2 aromatic carbocycles. The Kier molecular flexibility index (Phi) is 6.89. The number of likely N-dealkylation sites (N-methyl/N-ethyl adjacent to an activating group) is 1. The van der Waals surface area contributed by atoms with E-state index >= 15 is 0 Å². The van der Waals surface area contributed by atoms with Crippen LogP contribution in [0.4, 0.5) is 5.69 Å². The number of esters is 1. The van der Waals surface area contributed by atoms with E-state index in [1.807, 2.05) is 0 Å². The summed E-state index contributed by atoms with van der Waals surface area (Å²) in [6, 6.07) is 18.3. The number of furan rings is 1. The molecule has 0 aliphatic heterocycles.